The minimum absolute atomic E-state index is 0.225. The number of H-pyrrole nitrogens is 1. The summed E-state index contributed by atoms with van der Waals surface area (Å²) in [5.41, 5.74) is 1.03. The van der Waals surface area contributed by atoms with Gasteiger partial charge in [0.15, 0.2) is 0 Å². The first kappa shape index (κ1) is 8.95. The standard InChI is InChI=1S/C11H15N3O/c15-11(10-2-8-1-9(8)3-10)12-4-7-5-13-14-6-7/h5-6,8-10H,1-4H2,(H,12,15)(H,13,14). The Kier molecular flexibility index (Phi) is 2.01. The molecule has 3 rings (SSSR count). The van der Waals surface area contributed by atoms with Crippen LogP contribution in [-0.2, 0) is 11.3 Å². The molecule has 4 heteroatoms. The van der Waals surface area contributed by atoms with Gasteiger partial charge in [0.2, 0.25) is 5.91 Å². The maximum Gasteiger partial charge on any atom is 0.223 e. The highest BCUT2D eigenvalue weighted by Crippen LogP contribution is 2.54. The number of nitrogens with one attached hydrogen (secondary N) is 2. The van der Waals surface area contributed by atoms with E-state index in [1.807, 2.05) is 6.20 Å². The van der Waals surface area contributed by atoms with Crippen LogP contribution in [0.4, 0.5) is 0 Å². The van der Waals surface area contributed by atoms with Crippen LogP contribution in [0.2, 0.25) is 0 Å². The summed E-state index contributed by atoms with van der Waals surface area (Å²) in [6.07, 6.45) is 7.15. The molecule has 2 saturated carbocycles. The zero-order valence-corrected chi connectivity index (χ0v) is 8.57. The van der Waals surface area contributed by atoms with Crippen molar-refractivity contribution >= 4 is 5.91 Å². The summed E-state index contributed by atoms with van der Waals surface area (Å²) in [5.74, 6) is 2.24. The van der Waals surface area contributed by atoms with Crippen LogP contribution in [0.25, 0.3) is 0 Å². The fraction of sp³-hybridized carbons (Fsp3) is 0.636. The Morgan fingerprint density at radius 3 is 2.93 bits per heavy atom. The molecule has 80 valence electrons. The molecule has 2 aliphatic carbocycles. The lowest BCUT2D eigenvalue weighted by atomic mass is 10.0. The lowest BCUT2D eigenvalue weighted by Gasteiger charge is -2.11. The normalized spacial score (nSPS) is 32.4. The number of aromatic nitrogens is 2. The molecule has 1 aromatic heterocycles. The first-order chi connectivity index (χ1) is 7.33. The Hall–Kier alpha value is -1.32. The van der Waals surface area contributed by atoms with E-state index in [2.05, 4.69) is 15.5 Å². The van der Waals surface area contributed by atoms with Gasteiger partial charge in [-0.15, -0.1) is 0 Å². The van der Waals surface area contributed by atoms with Gasteiger partial charge in [0.25, 0.3) is 0 Å². The Morgan fingerprint density at radius 1 is 1.47 bits per heavy atom. The maximum atomic E-state index is 11.8. The second-order valence-electron chi connectivity index (χ2n) is 4.75. The number of aromatic amines is 1. The fourth-order valence-corrected chi connectivity index (χ4v) is 2.64. The minimum atomic E-state index is 0.225. The summed E-state index contributed by atoms with van der Waals surface area (Å²) < 4.78 is 0. The van der Waals surface area contributed by atoms with Crippen LogP contribution in [0.3, 0.4) is 0 Å². The molecule has 0 saturated heterocycles. The predicted molar refractivity (Wildman–Crippen MR) is 54.8 cm³/mol. The molecule has 2 unspecified atom stereocenters. The van der Waals surface area contributed by atoms with Gasteiger partial charge in [0.05, 0.1) is 6.20 Å². The van der Waals surface area contributed by atoms with E-state index < -0.39 is 0 Å². The SMILES string of the molecule is O=C(NCc1cn[nH]c1)C1CC2CC2C1. The van der Waals surface area contributed by atoms with Crippen molar-refractivity contribution in [2.75, 3.05) is 0 Å². The number of nitrogens with zero attached hydrogens (tertiary/aromatic N) is 1. The first-order valence-corrected chi connectivity index (χ1v) is 5.58. The Balaban J connectivity index is 1.49. The minimum Gasteiger partial charge on any atom is -0.352 e. The molecule has 2 fully saturated rings. The van der Waals surface area contributed by atoms with Crippen LogP contribution in [0, 0.1) is 17.8 Å². The van der Waals surface area contributed by atoms with Crippen molar-refractivity contribution in [1.82, 2.24) is 15.5 Å². The van der Waals surface area contributed by atoms with Crippen molar-refractivity contribution in [2.24, 2.45) is 17.8 Å². The molecule has 0 aromatic carbocycles. The molecular formula is C11H15N3O. The predicted octanol–water partition coefficient (Wildman–Crippen LogP) is 1.07. The molecule has 0 bridgehead atoms. The third-order valence-corrected chi connectivity index (χ3v) is 3.64. The average Bonchev–Trinajstić information content (AvgIpc) is 2.75. The van der Waals surface area contributed by atoms with Crippen LogP contribution < -0.4 is 5.32 Å². The summed E-state index contributed by atoms with van der Waals surface area (Å²) in [5, 5.41) is 9.55. The second-order valence-corrected chi connectivity index (χ2v) is 4.75. The number of amides is 1. The third kappa shape index (κ3) is 1.76. The van der Waals surface area contributed by atoms with Gasteiger partial charge in [-0.3, -0.25) is 9.89 Å². The maximum absolute atomic E-state index is 11.8. The summed E-state index contributed by atoms with van der Waals surface area (Å²) in [7, 11) is 0. The van der Waals surface area contributed by atoms with E-state index in [1.165, 1.54) is 6.42 Å². The van der Waals surface area contributed by atoms with Gasteiger partial charge in [-0.05, 0) is 31.1 Å². The molecule has 0 spiro atoms. The van der Waals surface area contributed by atoms with Crippen LogP contribution in [0.1, 0.15) is 24.8 Å². The van der Waals surface area contributed by atoms with Crippen LogP contribution in [0.5, 0.6) is 0 Å². The van der Waals surface area contributed by atoms with Gasteiger partial charge >= 0.3 is 0 Å². The molecular weight excluding hydrogens is 190 g/mol. The highest BCUT2D eigenvalue weighted by molar-refractivity contribution is 5.79. The van der Waals surface area contributed by atoms with Crippen molar-refractivity contribution in [3.05, 3.63) is 18.0 Å². The Morgan fingerprint density at radius 2 is 2.27 bits per heavy atom. The van der Waals surface area contributed by atoms with E-state index >= 15 is 0 Å². The van der Waals surface area contributed by atoms with Gasteiger partial charge < -0.3 is 5.32 Å². The van der Waals surface area contributed by atoms with Crippen molar-refractivity contribution in [3.8, 4) is 0 Å². The molecule has 4 nitrogen and oxygen atoms in total. The Bertz CT molecular complexity index is 350. The van der Waals surface area contributed by atoms with E-state index in [0.717, 1.165) is 30.2 Å². The molecule has 1 amide bonds. The van der Waals surface area contributed by atoms with Crippen LogP contribution >= 0.6 is 0 Å². The summed E-state index contributed by atoms with van der Waals surface area (Å²) in [6.45, 7) is 0.598. The van der Waals surface area contributed by atoms with Crippen molar-refractivity contribution < 1.29 is 4.79 Å². The second kappa shape index (κ2) is 3.36. The van der Waals surface area contributed by atoms with Crippen molar-refractivity contribution in [1.29, 1.82) is 0 Å². The molecule has 2 N–H and O–H groups in total. The van der Waals surface area contributed by atoms with E-state index in [4.69, 9.17) is 0 Å². The summed E-state index contributed by atoms with van der Waals surface area (Å²) in [4.78, 5) is 11.8. The topological polar surface area (TPSA) is 57.8 Å². The van der Waals surface area contributed by atoms with Gasteiger partial charge in [0.1, 0.15) is 0 Å². The summed E-state index contributed by atoms with van der Waals surface area (Å²) >= 11 is 0. The van der Waals surface area contributed by atoms with Gasteiger partial charge in [-0.2, -0.15) is 5.10 Å². The molecule has 15 heavy (non-hydrogen) atoms. The van der Waals surface area contributed by atoms with E-state index in [1.54, 1.807) is 6.20 Å². The zero-order chi connectivity index (χ0) is 10.3. The molecule has 1 aromatic rings. The number of hydrogen-bond donors (Lipinski definition) is 2. The van der Waals surface area contributed by atoms with Gasteiger partial charge in [-0.25, -0.2) is 0 Å². The number of rotatable bonds is 3. The van der Waals surface area contributed by atoms with Gasteiger partial charge in [0, 0.05) is 24.2 Å². The number of fused-ring (bicyclic) bond motifs is 1. The van der Waals surface area contributed by atoms with Gasteiger partial charge in [-0.1, -0.05) is 0 Å². The van der Waals surface area contributed by atoms with Crippen molar-refractivity contribution in [2.45, 2.75) is 25.8 Å². The Labute approximate surface area is 88.4 Å². The molecule has 0 radical (unpaired) electrons. The zero-order valence-electron chi connectivity index (χ0n) is 8.57. The van der Waals surface area contributed by atoms with Crippen LogP contribution in [0.15, 0.2) is 12.4 Å². The number of carbonyl (C=O) groups excluding carboxylic acids is 1. The molecule has 0 aliphatic heterocycles. The third-order valence-electron chi connectivity index (χ3n) is 3.64. The van der Waals surface area contributed by atoms with E-state index in [0.29, 0.717) is 6.54 Å². The summed E-state index contributed by atoms with van der Waals surface area (Å²) in [6, 6.07) is 0. The van der Waals surface area contributed by atoms with E-state index in [9.17, 15) is 4.79 Å². The lowest BCUT2D eigenvalue weighted by molar-refractivity contribution is -0.125. The van der Waals surface area contributed by atoms with Crippen molar-refractivity contribution in [3.63, 3.8) is 0 Å². The highest BCUT2D eigenvalue weighted by atomic mass is 16.1. The molecule has 2 aliphatic rings. The average molecular weight is 205 g/mol. The first-order valence-electron chi connectivity index (χ1n) is 5.58. The quantitative estimate of drug-likeness (QED) is 0.775. The smallest absolute Gasteiger partial charge is 0.223 e. The van der Waals surface area contributed by atoms with Crippen LogP contribution in [-0.4, -0.2) is 16.1 Å². The lowest BCUT2D eigenvalue weighted by Crippen LogP contribution is -2.29. The number of carbonyl (C=O) groups is 1. The molecule has 2 atom stereocenters. The largest absolute Gasteiger partial charge is 0.352 e. The molecule has 1 heterocycles. The highest BCUT2D eigenvalue weighted by Gasteiger charge is 2.47. The monoisotopic (exact) mass is 205 g/mol. The fourth-order valence-electron chi connectivity index (χ4n) is 2.64. The van der Waals surface area contributed by atoms with E-state index in [-0.39, 0.29) is 11.8 Å². The number of hydrogen-bond acceptors (Lipinski definition) is 2.